The summed E-state index contributed by atoms with van der Waals surface area (Å²) in [5, 5.41) is 14.7. The summed E-state index contributed by atoms with van der Waals surface area (Å²) >= 11 is 1.35. The lowest BCUT2D eigenvalue weighted by Gasteiger charge is -2.22. The Morgan fingerprint density at radius 1 is 1.26 bits per heavy atom. The number of aromatic nitrogens is 2. The van der Waals surface area contributed by atoms with Gasteiger partial charge in [0.2, 0.25) is 0 Å². The molecule has 0 fully saturated rings. The van der Waals surface area contributed by atoms with Crippen LogP contribution in [0.2, 0.25) is 0 Å². The van der Waals surface area contributed by atoms with Crippen molar-refractivity contribution < 1.29 is 5.11 Å². The first-order valence-corrected chi connectivity index (χ1v) is 8.18. The highest BCUT2D eigenvalue weighted by atomic mass is 32.1. The van der Waals surface area contributed by atoms with Crippen molar-refractivity contribution in [1.29, 1.82) is 0 Å². The van der Waals surface area contributed by atoms with E-state index in [9.17, 15) is 5.11 Å². The molecule has 19 heavy (non-hydrogen) atoms. The lowest BCUT2D eigenvalue weighted by molar-refractivity contribution is 0.140. The van der Waals surface area contributed by atoms with Gasteiger partial charge >= 0.3 is 0 Å². The van der Waals surface area contributed by atoms with E-state index in [0.29, 0.717) is 5.92 Å². The Morgan fingerprint density at radius 3 is 2.47 bits per heavy atom. The van der Waals surface area contributed by atoms with E-state index in [0.717, 1.165) is 23.4 Å². The molecule has 0 aliphatic rings. The molecule has 4 heteroatoms. The van der Waals surface area contributed by atoms with E-state index in [4.69, 9.17) is 0 Å². The largest absolute Gasteiger partial charge is 0.387 e. The van der Waals surface area contributed by atoms with Crippen LogP contribution in [0.3, 0.4) is 0 Å². The molecule has 2 atom stereocenters. The maximum atomic E-state index is 10.5. The van der Waals surface area contributed by atoms with Gasteiger partial charge < -0.3 is 5.11 Å². The van der Waals surface area contributed by atoms with E-state index in [2.05, 4.69) is 44.2 Å². The van der Waals surface area contributed by atoms with Crippen molar-refractivity contribution in [1.82, 2.24) is 9.59 Å². The van der Waals surface area contributed by atoms with Gasteiger partial charge in [0, 0.05) is 5.41 Å². The molecule has 1 N–H and O–H groups in total. The molecule has 0 saturated carbocycles. The standard InChI is InChI=1S/C15H28N2OS/c1-6-8-9-11(7-2)10-12(18)13-14(15(3,4)5)16-17-19-13/h11-12,18H,6-10H2,1-5H3. The number of rotatable bonds is 7. The molecule has 0 aromatic carbocycles. The second-order valence-corrected chi connectivity index (χ2v) is 7.19. The topological polar surface area (TPSA) is 46.0 Å². The van der Waals surface area contributed by atoms with Crippen LogP contribution < -0.4 is 0 Å². The summed E-state index contributed by atoms with van der Waals surface area (Å²) < 4.78 is 4.04. The minimum absolute atomic E-state index is 0.0472. The molecule has 0 bridgehead atoms. The molecule has 1 heterocycles. The smallest absolute Gasteiger partial charge is 0.0920 e. The quantitative estimate of drug-likeness (QED) is 0.803. The van der Waals surface area contributed by atoms with Gasteiger partial charge in [-0.15, -0.1) is 5.10 Å². The first-order chi connectivity index (χ1) is 8.90. The van der Waals surface area contributed by atoms with Gasteiger partial charge in [-0.2, -0.15) is 0 Å². The molecular formula is C15H28N2OS. The summed E-state index contributed by atoms with van der Waals surface area (Å²) in [5.74, 6) is 0.602. The lowest BCUT2D eigenvalue weighted by Crippen LogP contribution is -2.16. The zero-order valence-corrected chi connectivity index (χ0v) is 13.8. The zero-order valence-electron chi connectivity index (χ0n) is 12.9. The fraction of sp³-hybridized carbons (Fsp3) is 0.867. The third-order valence-corrected chi connectivity index (χ3v) is 4.45. The highest BCUT2D eigenvalue weighted by Crippen LogP contribution is 2.34. The summed E-state index contributed by atoms with van der Waals surface area (Å²) in [6, 6.07) is 0. The van der Waals surface area contributed by atoms with Crippen molar-refractivity contribution in [2.75, 3.05) is 0 Å². The molecule has 0 spiro atoms. The van der Waals surface area contributed by atoms with Gasteiger partial charge in [-0.05, 0) is 23.9 Å². The Kier molecular flexibility index (Phi) is 6.40. The third-order valence-electron chi connectivity index (χ3n) is 3.63. The van der Waals surface area contributed by atoms with E-state index in [1.807, 2.05) is 0 Å². The highest BCUT2D eigenvalue weighted by molar-refractivity contribution is 7.05. The molecule has 1 aromatic heterocycles. The molecule has 3 nitrogen and oxygen atoms in total. The van der Waals surface area contributed by atoms with Crippen molar-refractivity contribution in [2.24, 2.45) is 5.92 Å². The van der Waals surface area contributed by atoms with E-state index in [1.54, 1.807) is 0 Å². The van der Waals surface area contributed by atoms with Gasteiger partial charge in [0.1, 0.15) is 0 Å². The molecule has 0 saturated heterocycles. The number of hydrogen-bond donors (Lipinski definition) is 1. The number of aliphatic hydroxyl groups is 1. The fourth-order valence-electron chi connectivity index (χ4n) is 2.34. The first-order valence-electron chi connectivity index (χ1n) is 7.40. The van der Waals surface area contributed by atoms with Crippen LogP contribution in [0.25, 0.3) is 0 Å². The predicted molar refractivity (Wildman–Crippen MR) is 81.5 cm³/mol. The van der Waals surface area contributed by atoms with Crippen LogP contribution in [0.5, 0.6) is 0 Å². The van der Waals surface area contributed by atoms with Gasteiger partial charge in [-0.3, -0.25) is 0 Å². The number of nitrogens with zero attached hydrogens (tertiary/aromatic N) is 2. The molecule has 110 valence electrons. The normalized spacial score (nSPS) is 15.5. The Morgan fingerprint density at radius 2 is 1.95 bits per heavy atom. The summed E-state index contributed by atoms with van der Waals surface area (Å²) in [6.45, 7) is 10.8. The molecule has 0 amide bonds. The molecular weight excluding hydrogens is 256 g/mol. The van der Waals surface area contributed by atoms with Crippen molar-refractivity contribution in [2.45, 2.75) is 78.2 Å². The van der Waals surface area contributed by atoms with Gasteiger partial charge in [0.25, 0.3) is 0 Å². The van der Waals surface area contributed by atoms with Crippen LogP contribution in [0, 0.1) is 5.92 Å². The SMILES string of the molecule is CCCCC(CC)CC(O)c1snnc1C(C)(C)C. The second kappa shape index (κ2) is 7.34. The van der Waals surface area contributed by atoms with Crippen LogP contribution in [0.4, 0.5) is 0 Å². The number of unbranched alkanes of at least 4 members (excludes halogenated alkanes) is 1. The first kappa shape index (κ1) is 16.6. The minimum Gasteiger partial charge on any atom is -0.387 e. The maximum Gasteiger partial charge on any atom is 0.0920 e. The second-order valence-electron chi connectivity index (χ2n) is 6.40. The van der Waals surface area contributed by atoms with Gasteiger partial charge in [-0.25, -0.2) is 0 Å². The van der Waals surface area contributed by atoms with E-state index >= 15 is 0 Å². The van der Waals surface area contributed by atoms with E-state index < -0.39 is 6.10 Å². The Labute approximate surface area is 121 Å². The van der Waals surface area contributed by atoms with Gasteiger partial charge in [-0.1, -0.05) is 64.8 Å². The summed E-state index contributed by atoms with van der Waals surface area (Å²) in [4.78, 5) is 0.961. The summed E-state index contributed by atoms with van der Waals surface area (Å²) in [5.41, 5.74) is 0.907. The average molecular weight is 284 g/mol. The van der Waals surface area contributed by atoms with Crippen LogP contribution >= 0.6 is 11.5 Å². The van der Waals surface area contributed by atoms with Crippen LogP contribution in [-0.4, -0.2) is 14.7 Å². The van der Waals surface area contributed by atoms with Crippen LogP contribution in [-0.2, 0) is 5.41 Å². The van der Waals surface area contributed by atoms with Crippen LogP contribution in [0.15, 0.2) is 0 Å². The maximum absolute atomic E-state index is 10.5. The molecule has 0 radical (unpaired) electrons. The summed E-state index contributed by atoms with van der Waals surface area (Å²) in [7, 11) is 0. The third kappa shape index (κ3) is 4.84. The lowest BCUT2D eigenvalue weighted by atomic mass is 9.87. The molecule has 1 rings (SSSR count). The fourth-order valence-corrected chi connectivity index (χ4v) is 3.20. The summed E-state index contributed by atoms with van der Waals surface area (Å²) in [6.07, 6.45) is 5.25. The molecule has 1 aromatic rings. The van der Waals surface area contributed by atoms with Gasteiger partial charge in [0.05, 0.1) is 16.7 Å². The number of hydrogen-bond acceptors (Lipinski definition) is 4. The van der Waals surface area contributed by atoms with Gasteiger partial charge in [0.15, 0.2) is 0 Å². The zero-order chi connectivity index (χ0) is 14.5. The predicted octanol–water partition coefficient (Wildman–Crippen LogP) is 4.48. The average Bonchev–Trinajstić information content (AvgIpc) is 2.83. The van der Waals surface area contributed by atoms with E-state index in [-0.39, 0.29) is 5.41 Å². The van der Waals surface area contributed by atoms with Crippen molar-refractivity contribution in [3.63, 3.8) is 0 Å². The molecule has 0 aliphatic heterocycles. The van der Waals surface area contributed by atoms with Crippen molar-refractivity contribution >= 4 is 11.5 Å². The Hall–Kier alpha value is -0.480. The highest BCUT2D eigenvalue weighted by Gasteiger charge is 2.27. The molecule has 2 unspecified atom stereocenters. The monoisotopic (exact) mass is 284 g/mol. The number of aliphatic hydroxyl groups excluding tert-OH is 1. The van der Waals surface area contributed by atoms with Crippen molar-refractivity contribution in [3.05, 3.63) is 10.6 Å². The minimum atomic E-state index is -0.406. The Balaban J connectivity index is 2.72. The Bertz CT molecular complexity index is 370. The molecule has 0 aliphatic carbocycles. The van der Waals surface area contributed by atoms with Crippen LogP contribution in [0.1, 0.15) is 83.4 Å². The van der Waals surface area contributed by atoms with Crippen molar-refractivity contribution in [3.8, 4) is 0 Å². The van der Waals surface area contributed by atoms with E-state index in [1.165, 1.54) is 30.8 Å².